The van der Waals surface area contributed by atoms with E-state index < -0.39 is 6.10 Å². The predicted octanol–water partition coefficient (Wildman–Crippen LogP) is 3.52. The molecule has 2 aromatic heterocycles. The van der Waals surface area contributed by atoms with Gasteiger partial charge in [0.2, 0.25) is 11.8 Å². The average Bonchev–Trinajstić information content (AvgIpc) is 3.27. The Morgan fingerprint density at radius 2 is 1.84 bits per heavy atom. The van der Waals surface area contributed by atoms with E-state index in [1.165, 1.54) is 0 Å². The van der Waals surface area contributed by atoms with Gasteiger partial charge in [0.15, 0.2) is 0 Å². The fourth-order valence-corrected chi connectivity index (χ4v) is 2.60. The zero-order valence-electron chi connectivity index (χ0n) is 14.5. The fraction of sp³-hybridized carbons (Fsp3) is 0.368. The van der Waals surface area contributed by atoms with E-state index in [4.69, 9.17) is 8.83 Å². The summed E-state index contributed by atoms with van der Waals surface area (Å²) in [5, 5.41) is 18.6. The third kappa shape index (κ3) is 4.78. The molecule has 0 fully saturated rings. The van der Waals surface area contributed by atoms with Gasteiger partial charge in [0.05, 0.1) is 12.8 Å². The molecule has 6 heteroatoms. The van der Waals surface area contributed by atoms with E-state index in [2.05, 4.69) is 27.2 Å². The topological polar surface area (TPSA) is 75.5 Å². The fourth-order valence-electron chi connectivity index (χ4n) is 2.60. The van der Waals surface area contributed by atoms with Crippen molar-refractivity contribution in [1.29, 1.82) is 0 Å². The summed E-state index contributed by atoms with van der Waals surface area (Å²) in [7, 11) is 0. The van der Waals surface area contributed by atoms with Gasteiger partial charge >= 0.3 is 0 Å². The van der Waals surface area contributed by atoms with Gasteiger partial charge in [-0.15, -0.1) is 10.2 Å². The summed E-state index contributed by atoms with van der Waals surface area (Å²) in [6.07, 6.45) is 0.846. The number of nitrogens with zero attached hydrogens (tertiary/aromatic N) is 3. The predicted molar refractivity (Wildman–Crippen MR) is 92.6 cm³/mol. The number of aliphatic hydroxyl groups is 1. The van der Waals surface area contributed by atoms with Gasteiger partial charge in [-0.25, -0.2) is 0 Å². The first kappa shape index (κ1) is 17.4. The second kappa shape index (κ2) is 8.09. The van der Waals surface area contributed by atoms with Crippen molar-refractivity contribution >= 4 is 0 Å². The maximum absolute atomic E-state index is 10.4. The molecule has 2 heterocycles. The summed E-state index contributed by atoms with van der Waals surface area (Å²) < 4.78 is 11.0. The van der Waals surface area contributed by atoms with Crippen LogP contribution in [0.5, 0.6) is 0 Å². The molecule has 0 amide bonds. The van der Waals surface area contributed by atoms with Crippen molar-refractivity contribution in [3.05, 3.63) is 71.8 Å². The average molecular weight is 341 g/mol. The van der Waals surface area contributed by atoms with E-state index in [0.717, 1.165) is 5.56 Å². The number of furan rings is 1. The molecule has 0 saturated heterocycles. The van der Waals surface area contributed by atoms with Crippen LogP contribution < -0.4 is 0 Å². The number of benzene rings is 1. The van der Waals surface area contributed by atoms with Crippen LogP contribution in [0, 0.1) is 0 Å². The molecule has 6 nitrogen and oxygen atoms in total. The van der Waals surface area contributed by atoms with Crippen LogP contribution in [0.15, 0.2) is 57.6 Å². The highest BCUT2D eigenvalue weighted by Crippen LogP contribution is 2.19. The van der Waals surface area contributed by atoms with Crippen LogP contribution >= 0.6 is 0 Å². The quantitative estimate of drug-likeness (QED) is 0.675. The van der Waals surface area contributed by atoms with Crippen molar-refractivity contribution in [3.63, 3.8) is 0 Å². The molecular formula is C19H23N3O3. The van der Waals surface area contributed by atoms with Crippen LogP contribution in [-0.2, 0) is 13.1 Å². The van der Waals surface area contributed by atoms with Gasteiger partial charge in [0.1, 0.15) is 11.9 Å². The van der Waals surface area contributed by atoms with Crippen molar-refractivity contribution in [3.8, 4) is 0 Å². The Morgan fingerprint density at radius 3 is 2.48 bits per heavy atom. The van der Waals surface area contributed by atoms with Crippen molar-refractivity contribution in [2.75, 3.05) is 6.54 Å². The third-order valence-corrected chi connectivity index (χ3v) is 3.89. The molecule has 0 aliphatic heterocycles. The first-order valence-electron chi connectivity index (χ1n) is 8.42. The van der Waals surface area contributed by atoms with Crippen LogP contribution in [0.25, 0.3) is 0 Å². The molecule has 0 aliphatic carbocycles. The molecule has 1 N–H and O–H groups in total. The van der Waals surface area contributed by atoms with Crippen molar-refractivity contribution < 1.29 is 13.9 Å². The smallest absolute Gasteiger partial charge is 0.230 e. The number of aromatic nitrogens is 2. The van der Waals surface area contributed by atoms with Crippen LogP contribution in [-0.4, -0.2) is 26.7 Å². The first-order valence-corrected chi connectivity index (χ1v) is 8.42. The molecule has 1 aromatic carbocycles. The van der Waals surface area contributed by atoms with E-state index in [1.54, 1.807) is 18.4 Å². The normalized spacial score (nSPS) is 12.8. The molecule has 1 unspecified atom stereocenters. The van der Waals surface area contributed by atoms with Crippen LogP contribution in [0.4, 0.5) is 0 Å². The van der Waals surface area contributed by atoms with Gasteiger partial charge in [-0.3, -0.25) is 4.90 Å². The Kier molecular flexibility index (Phi) is 5.63. The number of hydrogen-bond donors (Lipinski definition) is 1. The van der Waals surface area contributed by atoms with E-state index >= 15 is 0 Å². The van der Waals surface area contributed by atoms with E-state index in [1.807, 2.05) is 32.0 Å². The Morgan fingerprint density at radius 1 is 1.04 bits per heavy atom. The van der Waals surface area contributed by atoms with Gasteiger partial charge in [-0.2, -0.15) is 0 Å². The third-order valence-electron chi connectivity index (χ3n) is 3.89. The van der Waals surface area contributed by atoms with Crippen molar-refractivity contribution in [2.24, 2.45) is 0 Å². The molecule has 3 aromatic rings. The lowest BCUT2D eigenvalue weighted by molar-refractivity contribution is 0.0826. The maximum atomic E-state index is 10.4. The van der Waals surface area contributed by atoms with Crippen molar-refractivity contribution in [2.45, 2.75) is 39.0 Å². The summed E-state index contributed by atoms with van der Waals surface area (Å²) in [6.45, 7) is 5.56. The van der Waals surface area contributed by atoms with Crippen LogP contribution in [0.2, 0.25) is 0 Å². The Balaban J connectivity index is 1.73. The van der Waals surface area contributed by atoms with E-state index in [-0.39, 0.29) is 5.92 Å². The van der Waals surface area contributed by atoms with Gasteiger partial charge in [-0.05, 0) is 17.7 Å². The largest absolute Gasteiger partial charge is 0.467 e. The van der Waals surface area contributed by atoms with Gasteiger partial charge in [0, 0.05) is 19.0 Å². The number of hydrogen-bond acceptors (Lipinski definition) is 6. The van der Waals surface area contributed by atoms with Gasteiger partial charge in [0.25, 0.3) is 0 Å². The summed E-state index contributed by atoms with van der Waals surface area (Å²) in [4.78, 5) is 2.07. The minimum atomic E-state index is -0.716. The number of aliphatic hydroxyl groups excluding tert-OH is 1. The highest BCUT2D eigenvalue weighted by Gasteiger charge is 2.19. The molecule has 3 rings (SSSR count). The summed E-state index contributed by atoms with van der Waals surface area (Å²) in [5.74, 6) is 1.91. The van der Waals surface area contributed by atoms with Gasteiger partial charge in [-0.1, -0.05) is 44.2 Å². The summed E-state index contributed by atoms with van der Waals surface area (Å²) >= 11 is 0. The summed E-state index contributed by atoms with van der Waals surface area (Å²) in [5.41, 5.74) is 1.15. The molecule has 25 heavy (non-hydrogen) atoms. The Hall–Kier alpha value is -2.44. The lowest BCUT2D eigenvalue weighted by atomic mass is 10.2. The zero-order valence-corrected chi connectivity index (χ0v) is 14.5. The molecule has 1 atom stereocenters. The SMILES string of the molecule is CC(C)c1nnc(CN(Cc2ccccc2)CC(O)c2ccco2)o1. The van der Waals surface area contributed by atoms with Crippen molar-refractivity contribution in [1.82, 2.24) is 15.1 Å². The maximum Gasteiger partial charge on any atom is 0.230 e. The molecule has 0 spiro atoms. The van der Waals surface area contributed by atoms with Crippen LogP contribution in [0.1, 0.15) is 49.0 Å². The monoisotopic (exact) mass is 341 g/mol. The highest BCUT2D eigenvalue weighted by atomic mass is 16.4. The molecular weight excluding hydrogens is 318 g/mol. The molecule has 0 saturated carbocycles. The second-order valence-electron chi connectivity index (χ2n) is 6.38. The minimum Gasteiger partial charge on any atom is -0.467 e. The van der Waals surface area contributed by atoms with Gasteiger partial charge < -0.3 is 13.9 Å². The Labute approximate surface area is 147 Å². The lowest BCUT2D eigenvalue weighted by Crippen LogP contribution is -2.28. The zero-order chi connectivity index (χ0) is 17.6. The minimum absolute atomic E-state index is 0.192. The molecule has 0 aliphatic rings. The molecule has 0 radical (unpaired) electrons. The van der Waals surface area contributed by atoms with E-state index in [0.29, 0.717) is 37.2 Å². The van der Waals surface area contributed by atoms with E-state index in [9.17, 15) is 5.11 Å². The summed E-state index contributed by atoms with van der Waals surface area (Å²) in [6, 6.07) is 13.6. The Bertz CT molecular complexity index is 753. The lowest BCUT2D eigenvalue weighted by Gasteiger charge is -2.23. The first-order chi connectivity index (χ1) is 12.1. The molecule has 132 valence electrons. The van der Waals surface area contributed by atoms with Crippen LogP contribution in [0.3, 0.4) is 0 Å². The second-order valence-corrected chi connectivity index (χ2v) is 6.38. The highest BCUT2D eigenvalue weighted by molar-refractivity contribution is 5.14. The standard InChI is InChI=1S/C19H23N3O3/c1-14(2)19-21-20-18(25-19)13-22(11-15-7-4-3-5-8-15)12-16(23)17-9-6-10-24-17/h3-10,14,16,23H,11-13H2,1-2H3. The molecule has 0 bridgehead atoms. The number of rotatable bonds is 8.